The highest BCUT2D eigenvalue weighted by molar-refractivity contribution is 5.73. The summed E-state index contributed by atoms with van der Waals surface area (Å²) in [7, 11) is 0. The fraction of sp³-hybridized carbons (Fsp3) is 0.688. The van der Waals surface area contributed by atoms with Crippen molar-refractivity contribution in [3.05, 3.63) is 24.2 Å². The monoisotopic (exact) mass is 307 g/mol. The van der Waals surface area contributed by atoms with E-state index in [4.69, 9.17) is 9.15 Å². The molecule has 122 valence electrons. The van der Waals surface area contributed by atoms with Crippen molar-refractivity contribution in [3.8, 4) is 0 Å². The number of nitrogens with zero attached hydrogens (tertiary/aromatic N) is 1. The second kappa shape index (κ2) is 7.65. The number of carbonyl (C=O) groups excluding carboxylic acids is 1. The fourth-order valence-corrected chi connectivity index (χ4v) is 3.21. The van der Waals surface area contributed by atoms with Gasteiger partial charge in [0.25, 0.3) is 0 Å². The third-order valence-corrected chi connectivity index (χ3v) is 4.42. The Morgan fingerprint density at radius 2 is 2.18 bits per heavy atom. The normalized spacial score (nSPS) is 23.5. The zero-order valence-electron chi connectivity index (χ0n) is 12.9. The molecule has 2 atom stereocenters. The molecule has 0 saturated carbocycles. The quantitative estimate of drug-likeness (QED) is 0.842. The van der Waals surface area contributed by atoms with Gasteiger partial charge in [-0.05, 0) is 50.9 Å². The Morgan fingerprint density at radius 3 is 2.86 bits per heavy atom. The lowest BCUT2D eigenvalue weighted by Gasteiger charge is -2.26. The van der Waals surface area contributed by atoms with Crippen molar-refractivity contribution < 1.29 is 13.9 Å². The smallest absolute Gasteiger partial charge is 0.314 e. The van der Waals surface area contributed by atoms with E-state index in [1.54, 1.807) is 6.26 Å². The van der Waals surface area contributed by atoms with Crippen molar-refractivity contribution in [1.29, 1.82) is 0 Å². The van der Waals surface area contributed by atoms with Gasteiger partial charge in [-0.25, -0.2) is 4.79 Å². The van der Waals surface area contributed by atoms with Gasteiger partial charge in [-0.2, -0.15) is 0 Å². The van der Waals surface area contributed by atoms with Gasteiger partial charge in [-0.3, -0.25) is 4.90 Å². The molecule has 0 radical (unpaired) electrons. The van der Waals surface area contributed by atoms with E-state index >= 15 is 0 Å². The minimum absolute atomic E-state index is 0.117. The maximum absolute atomic E-state index is 12.0. The summed E-state index contributed by atoms with van der Waals surface area (Å²) in [4.78, 5) is 14.3. The average Bonchev–Trinajstić information content (AvgIpc) is 3.27. The van der Waals surface area contributed by atoms with Gasteiger partial charge in [-0.1, -0.05) is 0 Å². The summed E-state index contributed by atoms with van der Waals surface area (Å²) >= 11 is 0. The van der Waals surface area contributed by atoms with Crippen LogP contribution in [0, 0.1) is 0 Å². The standard InChI is InChI=1S/C16H25N3O3/c20-16(17-11-13-5-3-9-21-13)18-12-14(15-6-4-10-22-15)19-7-1-2-8-19/h4,6,10,13-14H,1-3,5,7-9,11-12H2,(H2,17,18,20)/t13-,14+/m1/s1. The van der Waals surface area contributed by atoms with Crippen molar-refractivity contribution in [1.82, 2.24) is 15.5 Å². The van der Waals surface area contributed by atoms with Gasteiger partial charge < -0.3 is 19.8 Å². The minimum Gasteiger partial charge on any atom is -0.468 e. The van der Waals surface area contributed by atoms with Crippen LogP contribution in [0.15, 0.2) is 22.8 Å². The van der Waals surface area contributed by atoms with Gasteiger partial charge in [0.1, 0.15) is 5.76 Å². The maximum atomic E-state index is 12.0. The van der Waals surface area contributed by atoms with Gasteiger partial charge in [0.05, 0.1) is 18.4 Å². The van der Waals surface area contributed by atoms with E-state index in [1.165, 1.54) is 12.8 Å². The van der Waals surface area contributed by atoms with Gasteiger partial charge in [0, 0.05) is 19.7 Å². The van der Waals surface area contributed by atoms with Crippen LogP contribution in [0.3, 0.4) is 0 Å². The molecule has 0 aromatic carbocycles. The largest absolute Gasteiger partial charge is 0.468 e. The van der Waals surface area contributed by atoms with Crippen molar-refractivity contribution in [2.75, 3.05) is 32.8 Å². The molecule has 1 aromatic heterocycles. The van der Waals surface area contributed by atoms with Crippen LogP contribution in [-0.4, -0.2) is 49.8 Å². The third kappa shape index (κ3) is 4.01. The summed E-state index contributed by atoms with van der Waals surface area (Å²) in [5.41, 5.74) is 0. The van der Waals surface area contributed by atoms with Gasteiger partial charge in [0.2, 0.25) is 0 Å². The highest BCUT2D eigenvalue weighted by Crippen LogP contribution is 2.24. The molecule has 0 bridgehead atoms. The van der Waals surface area contributed by atoms with Crippen LogP contribution in [0.25, 0.3) is 0 Å². The van der Waals surface area contributed by atoms with Crippen molar-refractivity contribution >= 4 is 6.03 Å². The Bertz CT molecular complexity index is 451. The first-order valence-electron chi connectivity index (χ1n) is 8.23. The number of amides is 2. The fourth-order valence-electron chi connectivity index (χ4n) is 3.21. The van der Waals surface area contributed by atoms with Crippen LogP contribution in [0.1, 0.15) is 37.5 Å². The first-order valence-corrected chi connectivity index (χ1v) is 8.23. The molecule has 22 heavy (non-hydrogen) atoms. The summed E-state index contributed by atoms with van der Waals surface area (Å²) in [6.07, 6.45) is 6.40. The SMILES string of the molecule is O=C(NC[C@H]1CCCO1)NC[C@@H](c1ccco1)N1CCCC1. The molecule has 1 aromatic rings. The van der Waals surface area contributed by atoms with E-state index in [1.807, 2.05) is 12.1 Å². The summed E-state index contributed by atoms with van der Waals surface area (Å²) in [6, 6.07) is 3.86. The van der Waals surface area contributed by atoms with Crippen LogP contribution in [0.2, 0.25) is 0 Å². The Labute approximate surface area is 131 Å². The third-order valence-electron chi connectivity index (χ3n) is 4.42. The molecule has 0 aliphatic carbocycles. The van der Waals surface area contributed by atoms with Crippen LogP contribution in [0.4, 0.5) is 4.79 Å². The molecule has 6 nitrogen and oxygen atoms in total. The predicted molar refractivity (Wildman–Crippen MR) is 82.6 cm³/mol. The lowest BCUT2D eigenvalue weighted by Crippen LogP contribution is -2.43. The Morgan fingerprint density at radius 1 is 1.32 bits per heavy atom. The molecular weight excluding hydrogens is 282 g/mol. The second-order valence-corrected chi connectivity index (χ2v) is 6.00. The second-order valence-electron chi connectivity index (χ2n) is 6.00. The lowest BCUT2D eigenvalue weighted by molar-refractivity contribution is 0.111. The van der Waals surface area contributed by atoms with Crippen LogP contribution in [-0.2, 0) is 4.74 Å². The van der Waals surface area contributed by atoms with Crippen LogP contribution in [0.5, 0.6) is 0 Å². The lowest BCUT2D eigenvalue weighted by atomic mass is 10.2. The van der Waals surface area contributed by atoms with E-state index in [-0.39, 0.29) is 18.2 Å². The minimum atomic E-state index is -0.133. The van der Waals surface area contributed by atoms with Gasteiger partial charge >= 0.3 is 6.03 Å². The molecule has 2 amide bonds. The van der Waals surface area contributed by atoms with E-state index in [0.29, 0.717) is 13.1 Å². The molecule has 2 fully saturated rings. The number of ether oxygens (including phenoxy) is 1. The van der Waals surface area contributed by atoms with E-state index < -0.39 is 0 Å². The van der Waals surface area contributed by atoms with E-state index in [0.717, 1.165) is 38.3 Å². The zero-order chi connectivity index (χ0) is 15.2. The molecule has 2 aliphatic heterocycles. The van der Waals surface area contributed by atoms with Gasteiger partial charge in [-0.15, -0.1) is 0 Å². The summed E-state index contributed by atoms with van der Waals surface area (Å²) < 4.78 is 11.1. The molecule has 3 heterocycles. The summed E-state index contributed by atoms with van der Waals surface area (Å²) in [5.74, 6) is 0.918. The number of hydrogen-bond acceptors (Lipinski definition) is 4. The first kappa shape index (κ1) is 15.4. The Hall–Kier alpha value is -1.53. The predicted octanol–water partition coefficient (Wildman–Crippen LogP) is 1.89. The Balaban J connectivity index is 1.47. The molecule has 2 aliphatic rings. The van der Waals surface area contributed by atoms with Gasteiger partial charge in [0.15, 0.2) is 0 Å². The molecule has 3 rings (SSSR count). The summed E-state index contributed by atoms with van der Waals surface area (Å²) in [6.45, 7) is 4.07. The highest BCUT2D eigenvalue weighted by atomic mass is 16.5. The van der Waals surface area contributed by atoms with Crippen molar-refractivity contribution in [2.45, 2.75) is 37.8 Å². The van der Waals surface area contributed by atoms with Crippen molar-refractivity contribution in [2.24, 2.45) is 0 Å². The van der Waals surface area contributed by atoms with Crippen LogP contribution >= 0.6 is 0 Å². The highest BCUT2D eigenvalue weighted by Gasteiger charge is 2.26. The average molecular weight is 307 g/mol. The van der Waals surface area contributed by atoms with E-state index in [9.17, 15) is 4.79 Å². The Kier molecular flexibility index (Phi) is 5.34. The molecule has 0 spiro atoms. The molecule has 2 saturated heterocycles. The van der Waals surface area contributed by atoms with Crippen molar-refractivity contribution in [3.63, 3.8) is 0 Å². The first-order chi connectivity index (χ1) is 10.8. The zero-order valence-corrected chi connectivity index (χ0v) is 12.9. The number of rotatable bonds is 6. The number of urea groups is 1. The molecule has 6 heteroatoms. The van der Waals surface area contributed by atoms with Crippen LogP contribution < -0.4 is 10.6 Å². The number of nitrogens with one attached hydrogen (secondary N) is 2. The number of hydrogen-bond donors (Lipinski definition) is 2. The molecule has 2 N–H and O–H groups in total. The topological polar surface area (TPSA) is 66.7 Å². The summed E-state index contributed by atoms with van der Waals surface area (Å²) in [5, 5.41) is 5.86. The molecular formula is C16H25N3O3. The van der Waals surface area contributed by atoms with E-state index in [2.05, 4.69) is 15.5 Å². The number of carbonyl (C=O) groups is 1. The number of furan rings is 1. The molecule has 0 unspecified atom stereocenters. The maximum Gasteiger partial charge on any atom is 0.314 e. The number of likely N-dealkylation sites (tertiary alicyclic amines) is 1.